The molecule has 1 saturated heterocycles. The lowest BCUT2D eigenvalue weighted by Crippen LogP contribution is -2.32. The van der Waals surface area contributed by atoms with Crippen LogP contribution in [0.4, 0.5) is 0 Å². The van der Waals surface area contributed by atoms with E-state index < -0.39 is 17.7 Å². The van der Waals surface area contributed by atoms with E-state index in [1.165, 1.54) is 12.0 Å². The Balaban J connectivity index is 1.73. The number of rotatable bonds is 9. The van der Waals surface area contributed by atoms with Gasteiger partial charge < -0.3 is 24.2 Å². The molecule has 1 aliphatic rings. The highest BCUT2D eigenvalue weighted by atomic mass is 16.5. The molecule has 1 amide bonds. The second-order valence-electron chi connectivity index (χ2n) is 10.9. The lowest BCUT2D eigenvalue weighted by molar-refractivity contribution is -0.140. The average Bonchev–Trinajstić information content (AvgIpc) is 3.19. The van der Waals surface area contributed by atoms with Crippen molar-refractivity contribution in [2.24, 2.45) is 0 Å². The number of hydrogen-bond donors (Lipinski definition) is 1. The first-order valence-electron chi connectivity index (χ1n) is 13.3. The summed E-state index contributed by atoms with van der Waals surface area (Å²) in [7, 11) is 3.14. The number of amides is 1. The molecule has 1 N–H and O–H groups in total. The molecule has 0 spiro atoms. The molecule has 0 aliphatic carbocycles. The first-order valence-corrected chi connectivity index (χ1v) is 13.3. The second-order valence-corrected chi connectivity index (χ2v) is 10.9. The number of nitrogens with zero attached hydrogens (tertiary/aromatic N) is 1. The van der Waals surface area contributed by atoms with Gasteiger partial charge in [-0.15, -0.1) is 0 Å². The van der Waals surface area contributed by atoms with Crippen molar-refractivity contribution in [2.45, 2.75) is 45.8 Å². The van der Waals surface area contributed by atoms with Crippen LogP contribution in [-0.4, -0.2) is 49.1 Å². The number of aliphatic hydroxyl groups is 1. The van der Waals surface area contributed by atoms with Crippen LogP contribution in [0.15, 0.2) is 72.3 Å². The zero-order valence-electron chi connectivity index (χ0n) is 24.0. The first kappa shape index (κ1) is 28.9. The van der Waals surface area contributed by atoms with Crippen molar-refractivity contribution in [2.75, 3.05) is 27.4 Å². The summed E-state index contributed by atoms with van der Waals surface area (Å²) < 4.78 is 16.7. The van der Waals surface area contributed by atoms with E-state index in [1.807, 2.05) is 82.3 Å². The minimum Gasteiger partial charge on any atom is -0.507 e. The van der Waals surface area contributed by atoms with Gasteiger partial charge in [0, 0.05) is 24.8 Å². The van der Waals surface area contributed by atoms with E-state index in [0.717, 1.165) is 16.7 Å². The summed E-state index contributed by atoms with van der Waals surface area (Å²) >= 11 is 0. The third kappa shape index (κ3) is 5.89. The number of carbonyl (C=O) groups excluding carboxylic acids is 2. The Hall–Kier alpha value is -4.10. The van der Waals surface area contributed by atoms with Crippen molar-refractivity contribution in [3.05, 3.63) is 100 Å². The molecule has 7 heteroatoms. The maximum atomic E-state index is 13.3. The number of aryl methyl sites for hydroxylation is 1. The van der Waals surface area contributed by atoms with Crippen molar-refractivity contribution in [1.29, 1.82) is 0 Å². The molecule has 40 heavy (non-hydrogen) atoms. The van der Waals surface area contributed by atoms with Gasteiger partial charge in [0.15, 0.2) is 0 Å². The SMILES string of the molecule is COCCN1C(=O)C(=O)/C(=C(\O)c2ccc(OC)c(C(C)(C)C)c2)C1c1ccc(OCc2ccccc2C)cc1. The van der Waals surface area contributed by atoms with Gasteiger partial charge in [-0.3, -0.25) is 9.59 Å². The van der Waals surface area contributed by atoms with E-state index in [9.17, 15) is 14.7 Å². The van der Waals surface area contributed by atoms with Gasteiger partial charge in [0.05, 0.1) is 25.3 Å². The quantitative estimate of drug-likeness (QED) is 0.204. The Morgan fingerprint density at radius 3 is 2.30 bits per heavy atom. The number of ketones is 1. The number of likely N-dealkylation sites (tertiary alicyclic amines) is 1. The molecule has 0 aromatic heterocycles. The van der Waals surface area contributed by atoms with Crippen molar-refractivity contribution >= 4 is 17.4 Å². The number of benzene rings is 3. The molecule has 0 bridgehead atoms. The van der Waals surface area contributed by atoms with E-state index in [-0.39, 0.29) is 29.9 Å². The molecule has 3 aromatic carbocycles. The van der Waals surface area contributed by atoms with Crippen LogP contribution < -0.4 is 9.47 Å². The lowest BCUT2D eigenvalue weighted by Gasteiger charge is -2.26. The standard InChI is InChI=1S/C33H37NO6/c1-21-9-7-8-10-24(21)20-40-25-14-11-22(12-15-25)29-28(31(36)32(37)34(29)17-18-38-5)30(35)23-13-16-27(39-6)26(19-23)33(2,3)4/h7-16,19,29,35H,17-18,20H2,1-6H3/b30-28-. The highest BCUT2D eigenvalue weighted by Crippen LogP contribution is 2.41. The summed E-state index contributed by atoms with van der Waals surface area (Å²) in [4.78, 5) is 28.0. The fraction of sp³-hybridized carbons (Fsp3) is 0.333. The van der Waals surface area contributed by atoms with Crippen LogP contribution in [0.2, 0.25) is 0 Å². The second kappa shape index (κ2) is 12.0. The van der Waals surface area contributed by atoms with Gasteiger partial charge >= 0.3 is 0 Å². The average molecular weight is 544 g/mol. The van der Waals surface area contributed by atoms with E-state index in [2.05, 4.69) is 0 Å². The summed E-state index contributed by atoms with van der Waals surface area (Å²) in [5, 5.41) is 11.5. The van der Waals surface area contributed by atoms with E-state index in [1.54, 1.807) is 19.2 Å². The topological polar surface area (TPSA) is 85.3 Å². The molecule has 1 aliphatic heterocycles. The summed E-state index contributed by atoms with van der Waals surface area (Å²) in [5.41, 5.74) is 4.00. The van der Waals surface area contributed by atoms with Crippen LogP contribution in [0.3, 0.4) is 0 Å². The molecular formula is C33H37NO6. The third-order valence-electron chi connectivity index (χ3n) is 7.21. The highest BCUT2D eigenvalue weighted by Gasteiger charge is 2.46. The van der Waals surface area contributed by atoms with Gasteiger partial charge in [-0.05, 0) is 59.4 Å². The Kier molecular flexibility index (Phi) is 8.64. The van der Waals surface area contributed by atoms with Gasteiger partial charge in [-0.25, -0.2) is 0 Å². The summed E-state index contributed by atoms with van der Waals surface area (Å²) in [5.74, 6) is -0.288. The smallest absolute Gasteiger partial charge is 0.295 e. The predicted octanol–water partition coefficient (Wildman–Crippen LogP) is 5.95. The number of carbonyl (C=O) groups is 2. The van der Waals surface area contributed by atoms with Crippen LogP contribution in [0.5, 0.6) is 11.5 Å². The molecule has 0 radical (unpaired) electrons. The van der Waals surface area contributed by atoms with Crippen LogP contribution in [-0.2, 0) is 26.3 Å². The van der Waals surface area contributed by atoms with Gasteiger partial charge in [0.2, 0.25) is 0 Å². The number of Topliss-reactive ketones (excluding diaryl/α,β-unsaturated/α-hetero) is 1. The van der Waals surface area contributed by atoms with Crippen molar-refractivity contribution < 1.29 is 28.9 Å². The lowest BCUT2D eigenvalue weighted by atomic mass is 9.84. The molecule has 210 valence electrons. The van der Waals surface area contributed by atoms with E-state index in [0.29, 0.717) is 29.2 Å². The monoisotopic (exact) mass is 543 g/mol. The maximum Gasteiger partial charge on any atom is 0.295 e. The third-order valence-corrected chi connectivity index (χ3v) is 7.21. The molecule has 1 fully saturated rings. The number of aliphatic hydroxyl groups excluding tert-OH is 1. The highest BCUT2D eigenvalue weighted by molar-refractivity contribution is 6.46. The largest absolute Gasteiger partial charge is 0.507 e. The first-order chi connectivity index (χ1) is 19.1. The number of hydrogen-bond acceptors (Lipinski definition) is 6. The van der Waals surface area contributed by atoms with Crippen LogP contribution in [0.25, 0.3) is 5.76 Å². The van der Waals surface area contributed by atoms with Crippen LogP contribution >= 0.6 is 0 Å². The molecule has 1 heterocycles. The molecule has 1 unspecified atom stereocenters. The zero-order chi connectivity index (χ0) is 29.0. The Morgan fingerprint density at radius 1 is 0.975 bits per heavy atom. The minimum absolute atomic E-state index is 0.0414. The van der Waals surface area contributed by atoms with Gasteiger partial charge in [0.25, 0.3) is 11.7 Å². The number of ether oxygens (including phenoxy) is 3. The Bertz CT molecular complexity index is 1420. The van der Waals surface area contributed by atoms with Crippen molar-refractivity contribution in [1.82, 2.24) is 4.90 Å². The van der Waals surface area contributed by atoms with Crippen LogP contribution in [0, 0.1) is 6.92 Å². The van der Waals surface area contributed by atoms with Gasteiger partial charge in [-0.2, -0.15) is 0 Å². The number of methoxy groups -OCH3 is 2. The summed E-state index contributed by atoms with van der Waals surface area (Å²) in [6.07, 6.45) is 0. The summed E-state index contributed by atoms with van der Waals surface area (Å²) in [6.45, 7) is 9.04. The fourth-order valence-electron chi connectivity index (χ4n) is 4.92. The normalized spacial score (nSPS) is 16.9. The molecule has 1 atom stereocenters. The Morgan fingerprint density at radius 2 is 1.68 bits per heavy atom. The molecule has 3 aromatic rings. The summed E-state index contributed by atoms with van der Waals surface area (Å²) in [6, 6.07) is 19.8. The molecule has 7 nitrogen and oxygen atoms in total. The maximum absolute atomic E-state index is 13.3. The van der Waals surface area contributed by atoms with Gasteiger partial charge in [0.1, 0.15) is 23.9 Å². The minimum atomic E-state index is -0.777. The van der Waals surface area contributed by atoms with E-state index in [4.69, 9.17) is 14.2 Å². The molecular weight excluding hydrogens is 506 g/mol. The van der Waals surface area contributed by atoms with Gasteiger partial charge in [-0.1, -0.05) is 57.2 Å². The molecule has 0 saturated carbocycles. The molecule has 4 rings (SSSR count). The zero-order valence-corrected chi connectivity index (χ0v) is 24.0. The van der Waals surface area contributed by atoms with Crippen LogP contribution in [0.1, 0.15) is 54.6 Å². The van der Waals surface area contributed by atoms with E-state index >= 15 is 0 Å². The van der Waals surface area contributed by atoms with Crippen molar-refractivity contribution in [3.63, 3.8) is 0 Å². The van der Waals surface area contributed by atoms with Crippen molar-refractivity contribution in [3.8, 4) is 11.5 Å². The predicted molar refractivity (Wildman–Crippen MR) is 155 cm³/mol. The Labute approximate surface area is 236 Å². The fourth-order valence-corrected chi connectivity index (χ4v) is 4.92.